The molecule has 0 atom stereocenters. The standard InChI is InChI=1S/C11H18BrNO3.C9H17NO2/c12-7-9(14)13-8-11(6-10(15)16)4-2-1-3-5-11;10-7-9(6-8(11)12)4-2-1-3-5-9/h1-8H2,(H,13,14)(H,15,16);1-7,10H2,(H,11,12). The third kappa shape index (κ3) is 8.90. The molecule has 0 aromatic heterocycles. The highest BCUT2D eigenvalue weighted by molar-refractivity contribution is 9.09. The molecule has 0 spiro atoms. The number of carboxylic acid groups (broad SMARTS) is 2. The predicted molar refractivity (Wildman–Crippen MR) is 111 cm³/mol. The number of carbonyl (C=O) groups excluding carboxylic acids is 1. The van der Waals surface area contributed by atoms with Gasteiger partial charge in [0.1, 0.15) is 0 Å². The van der Waals surface area contributed by atoms with Crippen LogP contribution in [0, 0.1) is 10.8 Å². The second-order valence-corrected chi connectivity index (χ2v) is 8.94. The smallest absolute Gasteiger partial charge is 0.303 e. The van der Waals surface area contributed by atoms with Gasteiger partial charge >= 0.3 is 11.9 Å². The van der Waals surface area contributed by atoms with Gasteiger partial charge in [-0.1, -0.05) is 54.5 Å². The van der Waals surface area contributed by atoms with Gasteiger partial charge in [-0.05, 0) is 43.1 Å². The molecule has 8 heteroatoms. The third-order valence-electron chi connectivity index (χ3n) is 6.10. The van der Waals surface area contributed by atoms with E-state index in [2.05, 4.69) is 21.2 Å². The van der Waals surface area contributed by atoms with Crippen molar-refractivity contribution in [2.24, 2.45) is 16.6 Å². The Kier molecular flexibility index (Phi) is 11.0. The molecule has 2 aliphatic rings. The average molecular weight is 463 g/mol. The summed E-state index contributed by atoms with van der Waals surface area (Å²) in [4.78, 5) is 32.6. The first-order valence-electron chi connectivity index (χ1n) is 10.2. The Bertz CT molecular complexity index is 515. The van der Waals surface area contributed by atoms with Crippen LogP contribution < -0.4 is 11.1 Å². The SMILES string of the molecule is NCC1(CC(=O)O)CCCCC1.O=C(O)CC1(CNC(=O)CBr)CCCCC1. The number of rotatable bonds is 8. The maximum absolute atomic E-state index is 11.2. The van der Waals surface area contributed by atoms with Crippen molar-refractivity contribution in [3.63, 3.8) is 0 Å². The molecule has 28 heavy (non-hydrogen) atoms. The molecule has 0 saturated heterocycles. The van der Waals surface area contributed by atoms with Gasteiger partial charge in [0.2, 0.25) is 5.91 Å². The summed E-state index contributed by atoms with van der Waals surface area (Å²) in [6.07, 6.45) is 11.0. The highest BCUT2D eigenvalue weighted by Crippen LogP contribution is 2.39. The Morgan fingerprint density at radius 2 is 1.25 bits per heavy atom. The molecule has 2 rings (SSSR count). The van der Waals surface area contributed by atoms with Crippen molar-refractivity contribution in [1.29, 1.82) is 0 Å². The normalized spacial score (nSPS) is 20.4. The maximum Gasteiger partial charge on any atom is 0.303 e. The van der Waals surface area contributed by atoms with Gasteiger partial charge in [0, 0.05) is 6.54 Å². The molecule has 0 aromatic carbocycles. The zero-order valence-electron chi connectivity index (χ0n) is 16.7. The summed E-state index contributed by atoms with van der Waals surface area (Å²) in [5.41, 5.74) is 5.32. The topological polar surface area (TPSA) is 130 Å². The van der Waals surface area contributed by atoms with E-state index in [0.29, 0.717) is 13.1 Å². The summed E-state index contributed by atoms with van der Waals surface area (Å²) in [5.74, 6) is -1.55. The van der Waals surface area contributed by atoms with Crippen LogP contribution in [0.5, 0.6) is 0 Å². The monoisotopic (exact) mass is 462 g/mol. The summed E-state index contributed by atoms with van der Waals surface area (Å²) in [6, 6.07) is 0. The molecule has 0 unspecified atom stereocenters. The minimum absolute atomic E-state index is 0.0738. The van der Waals surface area contributed by atoms with E-state index in [1.54, 1.807) is 0 Å². The number of carbonyl (C=O) groups is 3. The Morgan fingerprint density at radius 3 is 1.64 bits per heavy atom. The number of halogens is 1. The number of hydrogen-bond acceptors (Lipinski definition) is 4. The van der Waals surface area contributed by atoms with Gasteiger partial charge in [-0.25, -0.2) is 0 Å². The van der Waals surface area contributed by atoms with E-state index in [1.165, 1.54) is 12.8 Å². The van der Waals surface area contributed by atoms with Crippen LogP contribution in [-0.4, -0.2) is 46.5 Å². The summed E-state index contributed by atoms with van der Waals surface area (Å²) in [5, 5.41) is 20.7. The Labute approximate surface area is 175 Å². The summed E-state index contributed by atoms with van der Waals surface area (Å²) >= 11 is 3.08. The van der Waals surface area contributed by atoms with Gasteiger partial charge in [0.25, 0.3) is 0 Å². The minimum atomic E-state index is -0.769. The minimum Gasteiger partial charge on any atom is -0.481 e. The average Bonchev–Trinajstić information content (AvgIpc) is 2.67. The van der Waals surface area contributed by atoms with Gasteiger partial charge in [-0.3, -0.25) is 14.4 Å². The number of aliphatic carboxylic acids is 2. The van der Waals surface area contributed by atoms with Crippen molar-refractivity contribution >= 4 is 33.8 Å². The lowest BCUT2D eigenvalue weighted by atomic mass is 9.71. The number of carboxylic acids is 2. The molecule has 2 aliphatic carbocycles. The molecule has 0 radical (unpaired) electrons. The molecule has 2 saturated carbocycles. The lowest BCUT2D eigenvalue weighted by molar-refractivity contribution is -0.141. The number of hydrogen-bond donors (Lipinski definition) is 4. The van der Waals surface area contributed by atoms with Crippen molar-refractivity contribution < 1.29 is 24.6 Å². The van der Waals surface area contributed by atoms with Gasteiger partial charge in [-0.2, -0.15) is 0 Å². The number of nitrogens with two attached hydrogens (primary N) is 1. The highest BCUT2D eigenvalue weighted by atomic mass is 79.9. The predicted octanol–water partition coefficient (Wildman–Crippen LogP) is 3.29. The van der Waals surface area contributed by atoms with Gasteiger partial charge in [-0.15, -0.1) is 0 Å². The van der Waals surface area contributed by atoms with Crippen LogP contribution in [0.15, 0.2) is 0 Å². The highest BCUT2D eigenvalue weighted by Gasteiger charge is 2.34. The maximum atomic E-state index is 11.2. The molecule has 0 bridgehead atoms. The van der Waals surface area contributed by atoms with Gasteiger partial charge in [0.05, 0.1) is 18.2 Å². The Hall–Kier alpha value is -1.15. The molecular formula is C20H35BrN2O5. The number of alkyl halides is 1. The first-order valence-corrected chi connectivity index (χ1v) is 11.3. The van der Waals surface area contributed by atoms with Crippen LogP contribution in [0.2, 0.25) is 0 Å². The molecule has 1 amide bonds. The number of nitrogens with one attached hydrogen (secondary N) is 1. The van der Waals surface area contributed by atoms with Crippen molar-refractivity contribution in [3.05, 3.63) is 0 Å². The Morgan fingerprint density at radius 1 is 0.821 bits per heavy atom. The van der Waals surface area contributed by atoms with E-state index < -0.39 is 11.9 Å². The molecule has 7 nitrogen and oxygen atoms in total. The molecule has 5 N–H and O–H groups in total. The number of amides is 1. The molecule has 2 fully saturated rings. The van der Waals surface area contributed by atoms with E-state index in [-0.39, 0.29) is 34.9 Å². The largest absolute Gasteiger partial charge is 0.481 e. The van der Waals surface area contributed by atoms with Crippen LogP contribution in [0.3, 0.4) is 0 Å². The fourth-order valence-corrected chi connectivity index (χ4v) is 4.65. The van der Waals surface area contributed by atoms with Crippen molar-refractivity contribution in [2.75, 3.05) is 18.4 Å². The zero-order chi connectivity index (χ0) is 21.0. The van der Waals surface area contributed by atoms with Crippen LogP contribution in [-0.2, 0) is 14.4 Å². The van der Waals surface area contributed by atoms with Crippen molar-refractivity contribution in [2.45, 2.75) is 77.0 Å². The van der Waals surface area contributed by atoms with E-state index in [9.17, 15) is 14.4 Å². The second-order valence-electron chi connectivity index (χ2n) is 8.38. The molecule has 162 valence electrons. The zero-order valence-corrected chi connectivity index (χ0v) is 18.3. The summed E-state index contributed by atoms with van der Waals surface area (Å²) in [6.45, 7) is 1.02. The first-order chi connectivity index (χ1) is 13.3. The first kappa shape index (κ1) is 24.9. The Balaban J connectivity index is 0.000000292. The van der Waals surface area contributed by atoms with Crippen molar-refractivity contribution in [1.82, 2.24) is 5.32 Å². The van der Waals surface area contributed by atoms with Crippen LogP contribution in [0.4, 0.5) is 0 Å². The molecule has 0 heterocycles. The second kappa shape index (κ2) is 12.4. The van der Waals surface area contributed by atoms with Crippen LogP contribution in [0.25, 0.3) is 0 Å². The molecule has 0 aliphatic heterocycles. The van der Waals surface area contributed by atoms with E-state index in [4.69, 9.17) is 15.9 Å². The van der Waals surface area contributed by atoms with E-state index in [1.807, 2.05) is 0 Å². The lowest BCUT2D eigenvalue weighted by Crippen LogP contribution is -2.40. The quantitative estimate of drug-likeness (QED) is 0.409. The fraction of sp³-hybridized carbons (Fsp3) is 0.850. The molecule has 0 aromatic rings. The van der Waals surface area contributed by atoms with E-state index >= 15 is 0 Å². The lowest BCUT2D eigenvalue weighted by Gasteiger charge is -2.36. The van der Waals surface area contributed by atoms with Gasteiger partial charge < -0.3 is 21.3 Å². The van der Waals surface area contributed by atoms with Crippen LogP contribution in [0.1, 0.15) is 77.0 Å². The third-order valence-corrected chi connectivity index (χ3v) is 6.61. The van der Waals surface area contributed by atoms with Crippen LogP contribution >= 0.6 is 15.9 Å². The summed E-state index contributed by atoms with van der Waals surface area (Å²) < 4.78 is 0. The molecular weight excluding hydrogens is 428 g/mol. The fourth-order valence-electron chi connectivity index (χ4n) is 4.45. The summed E-state index contributed by atoms with van der Waals surface area (Å²) in [7, 11) is 0. The van der Waals surface area contributed by atoms with Crippen molar-refractivity contribution in [3.8, 4) is 0 Å². The van der Waals surface area contributed by atoms with Gasteiger partial charge in [0.15, 0.2) is 0 Å². The van der Waals surface area contributed by atoms with E-state index in [0.717, 1.165) is 51.4 Å².